The van der Waals surface area contributed by atoms with E-state index in [-0.39, 0.29) is 81.4 Å². The molecule has 0 unspecified atom stereocenters. The number of hydrogen-bond donors (Lipinski definition) is 2. The lowest BCUT2D eigenvalue weighted by Crippen LogP contribution is -2.59. The van der Waals surface area contributed by atoms with Crippen molar-refractivity contribution in [1.29, 1.82) is 0 Å². The topological polar surface area (TPSA) is 188 Å². The van der Waals surface area contributed by atoms with Crippen LogP contribution in [0, 0.1) is 18.8 Å². The first-order valence-electron chi connectivity index (χ1n) is 22.6. The molecule has 3 aliphatic heterocycles. The second-order valence-electron chi connectivity index (χ2n) is 18.2. The lowest BCUT2D eigenvalue weighted by Gasteiger charge is -2.39. The Hall–Kier alpha value is -6.72. The molecule has 0 aliphatic carbocycles. The van der Waals surface area contributed by atoms with Crippen LogP contribution in [0.25, 0.3) is 0 Å². The number of esters is 2. The highest BCUT2D eigenvalue weighted by Crippen LogP contribution is 2.36. The van der Waals surface area contributed by atoms with Crippen LogP contribution in [0.2, 0.25) is 0 Å². The Morgan fingerprint density at radius 2 is 0.941 bits per heavy atom. The molecule has 7 rings (SSSR count). The lowest BCUT2D eigenvalue weighted by molar-refractivity contribution is -0.157. The van der Waals surface area contributed by atoms with Gasteiger partial charge in [0.2, 0.25) is 11.8 Å². The molecule has 3 fully saturated rings. The third-order valence-corrected chi connectivity index (χ3v) is 12.6. The van der Waals surface area contributed by atoms with Gasteiger partial charge in [0.1, 0.15) is 25.3 Å². The highest BCUT2D eigenvalue weighted by atomic mass is 16.7. The quantitative estimate of drug-likeness (QED) is 0.0933. The Kier molecular flexibility index (Phi) is 17.0. The van der Waals surface area contributed by atoms with Gasteiger partial charge >= 0.3 is 31.2 Å². The van der Waals surface area contributed by atoms with E-state index >= 15 is 0 Å². The van der Waals surface area contributed by atoms with Crippen molar-refractivity contribution in [1.82, 2.24) is 20.4 Å². The van der Waals surface area contributed by atoms with Gasteiger partial charge in [-0.05, 0) is 62.3 Å². The predicted molar refractivity (Wildman–Crippen MR) is 252 cm³/mol. The van der Waals surface area contributed by atoms with Gasteiger partial charge in [0.15, 0.2) is 0 Å². The predicted octanol–water partition coefficient (Wildman–Crippen LogP) is 4.92. The van der Waals surface area contributed by atoms with Gasteiger partial charge in [0.25, 0.3) is 0 Å². The molecule has 4 amide bonds. The van der Waals surface area contributed by atoms with Gasteiger partial charge in [-0.15, -0.1) is 0 Å². The van der Waals surface area contributed by atoms with Crippen LogP contribution in [0.15, 0.2) is 109 Å². The highest BCUT2D eigenvalue weighted by molar-refractivity contribution is 6.62. The van der Waals surface area contributed by atoms with Gasteiger partial charge < -0.3 is 48.7 Å². The van der Waals surface area contributed by atoms with E-state index in [1.54, 1.807) is 9.80 Å². The average molecular weight is 933 g/mol. The number of likely N-dealkylation sites (tertiary alicyclic amines) is 2. The van der Waals surface area contributed by atoms with E-state index in [2.05, 4.69) is 10.6 Å². The van der Waals surface area contributed by atoms with Crippen molar-refractivity contribution in [2.24, 2.45) is 11.8 Å². The number of nitrogens with one attached hydrogen (secondary N) is 2. The molecule has 2 N–H and O–H groups in total. The molecule has 4 aromatic rings. The van der Waals surface area contributed by atoms with E-state index in [4.69, 9.17) is 28.3 Å². The lowest BCUT2D eigenvalue weighted by atomic mass is 9.78. The maximum Gasteiger partial charge on any atom is 0.494 e. The number of ether oxygens (including phenoxy) is 4. The van der Waals surface area contributed by atoms with E-state index in [0.29, 0.717) is 6.42 Å². The minimum Gasteiger partial charge on any atom is -0.469 e. The average Bonchev–Trinajstić information content (AvgIpc) is 3.52. The Morgan fingerprint density at radius 3 is 1.31 bits per heavy atom. The van der Waals surface area contributed by atoms with Crippen molar-refractivity contribution in [3.8, 4) is 0 Å². The summed E-state index contributed by atoms with van der Waals surface area (Å²) in [5, 5.41) is 5.40. The first kappa shape index (κ1) is 50.7. The molecule has 3 aliphatic rings. The van der Waals surface area contributed by atoms with Crippen LogP contribution in [-0.4, -0.2) is 117 Å². The van der Waals surface area contributed by atoms with E-state index in [1.165, 1.54) is 14.2 Å². The zero-order valence-corrected chi connectivity index (χ0v) is 39.7. The number of aryl methyl sites for hydroxylation is 1. The number of benzene rings is 4. The summed E-state index contributed by atoms with van der Waals surface area (Å²) in [6, 6.07) is 32.4. The van der Waals surface area contributed by atoms with Gasteiger partial charge in [-0.3, -0.25) is 19.2 Å². The van der Waals surface area contributed by atoms with Crippen molar-refractivity contribution in [3.05, 3.63) is 137 Å². The van der Waals surface area contributed by atoms with Crippen molar-refractivity contribution < 1.29 is 57.0 Å². The van der Waals surface area contributed by atoms with Crippen molar-refractivity contribution >= 4 is 48.5 Å². The number of hydrogen-bond acceptors (Lipinski definition) is 12. The second kappa shape index (κ2) is 22.9. The molecule has 0 spiro atoms. The summed E-state index contributed by atoms with van der Waals surface area (Å²) in [6.07, 6.45) is -0.762. The van der Waals surface area contributed by atoms with Crippen LogP contribution in [0.1, 0.15) is 55.5 Å². The number of rotatable bonds is 15. The molecule has 4 aromatic carbocycles. The smallest absolute Gasteiger partial charge is 0.469 e. The Morgan fingerprint density at radius 1 is 0.574 bits per heavy atom. The van der Waals surface area contributed by atoms with Crippen LogP contribution >= 0.6 is 0 Å². The number of nitrogens with zero attached hydrogens (tertiary/aromatic N) is 2. The molecule has 0 bridgehead atoms. The Balaban J connectivity index is 0.000000230. The third kappa shape index (κ3) is 13.5. The van der Waals surface area contributed by atoms with Gasteiger partial charge in [0, 0.05) is 39.0 Å². The van der Waals surface area contributed by atoms with Gasteiger partial charge in [-0.1, -0.05) is 115 Å². The standard InChI is InChI=1S/C28H35BN2O7.C23H26N2O5/c1-27(2)28(3,4)38-29(37-27)22-13-11-19(12-14-22)15-23(24(32)31-16-21(17-31)25(33)35-5)30-26(34)36-18-20-9-7-6-8-10-20;1-16-8-10-17(11-9-16)12-20(21(26)25-13-19(14-25)22(27)29-2)24-23(28)30-15-18-6-4-3-5-7-18/h6-14,21,23H,15-18H2,1-5H3,(H,30,34);3-11,19-20H,12-15H2,1-2H3,(H,24,28)/t23-;20-/m00/s1. The summed E-state index contributed by atoms with van der Waals surface area (Å²) < 4.78 is 32.4. The normalized spacial score (nSPS) is 16.9. The van der Waals surface area contributed by atoms with Gasteiger partial charge in [-0.2, -0.15) is 0 Å². The van der Waals surface area contributed by atoms with E-state index < -0.39 is 42.6 Å². The van der Waals surface area contributed by atoms with E-state index in [9.17, 15) is 28.8 Å². The Labute approximate surface area is 398 Å². The SMILES string of the molecule is COC(=O)C1CN(C(=O)[C@H](Cc2ccc(B3OC(C)(C)C(C)(C)O3)cc2)NC(=O)OCc2ccccc2)C1.COC(=O)C1CN(C(=O)[C@H](Cc2ccc(C)cc2)NC(=O)OCc2ccccc2)C1. The van der Waals surface area contributed by atoms with Crippen molar-refractivity contribution in [2.75, 3.05) is 40.4 Å². The fourth-order valence-corrected chi connectivity index (χ4v) is 7.59. The molecule has 68 heavy (non-hydrogen) atoms. The summed E-state index contributed by atoms with van der Waals surface area (Å²) in [6.45, 7) is 11.3. The molecule has 2 atom stereocenters. The zero-order chi connectivity index (χ0) is 49.0. The van der Waals surface area contributed by atoms with Crippen LogP contribution < -0.4 is 16.1 Å². The minimum absolute atomic E-state index is 0.0878. The largest absolute Gasteiger partial charge is 0.494 e. The van der Waals surface area contributed by atoms with Crippen LogP contribution in [-0.2, 0) is 73.5 Å². The van der Waals surface area contributed by atoms with Crippen LogP contribution in [0.5, 0.6) is 0 Å². The molecule has 0 radical (unpaired) electrons. The first-order valence-corrected chi connectivity index (χ1v) is 22.6. The maximum absolute atomic E-state index is 13.3. The van der Waals surface area contributed by atoms with Crippen LogP contribution in [0.4, 0.5) is 9.59 Å². The number of amides is 4. The molecular weight excluding hydrogens is 871 g/mol. The fourth-order valence-electron chi connectivity index (χ4n) is 7.59. The van der Waals surface area contributed by atoms with Gasteiger partial charge in [-0.25, -0.2) is 9.59 Å². The minimum atomic E-state index is -0.862. The monoisotopic (exact) mass is 932 g/mol. The highest BCUT2D eigenvalue weighted by Gasteiger charge is 2.51. The number of carbonyl (C=O) groups excluding carboxylic acids is 6. The summed E-state index contributed by atoms with van der Waals surface area (Å²) >= 11 is 0. The summed E-state index contributed by atoms with van der Waals surface area (Å²) in [5.41, 5.74) is 4.55. The van der Waals surface area contributed by atoms with E-state index in [1.807, 2.05) is 144 Å². The molecule has 17 heteroatoms. The molecule has 0 aromatic heterocycles. The van der Waals surface area contributed by atoms with Crippen LogP contribution in [0.3, 0.4) is 0 Å². The van der Waals surface area contributed by atoms with E-state index in [0.717, 1.165) is 33.3 Å². The zero-order valence-electron chi connectivity index (χ0n) is 39.7. The van der Waals surface area contributed by atoms with Crippen molar-refractivity contribution in [3.63, 3.8) is 0 Å². The molecule has 3 saturated heterocycles. The summed E-state index contributed by atoms with van der Waals surface area (Å²) in [5.74, 6) is -1.87. The number of methoxy groups -OCH3 is 2. The fraction of sp³-hybridized carbons (Fsp3) is 0.412. The summed E-state index contributed by atoms with van der Waals surface area (Å²) in [4.78, 5) is 77.7. The third-order valence-electron chi connectivity index (χ3n) is 12.6. The van der Waals surface area contributed by atoms with Crippen molar-refractivity contribution in [2.45, 2.75) is 84.0 Å². The second-order valence-corrected chi connectivity index (χ2v) is 18.2. The summed E-state index contributed by atoms with van der Waals surface area (Å²) in [7, 11) is 2.17. The maximum atomic E-state index is 13.3. The molecular formula is C51H61BN4O12. The van der Waals surface area contributed by atoms with Gasteiger partial charge in [0.05, 0.1) is 37.3 Å². The Bertz CT molecular complexity index is 2340. The number of alkyl carbamates (subject to hydrolysis) is 2. The molecule has 0 saturated carbocycles. The molecule has 360 valence electrons. The molecule has 16 nitrogen and oxygen atoms in total. The first-order chi connectivity index (χ1) is 32.4. The number of carbonyl (C=O) groups is 6. The molecule has 3 heterocycles.